The molecule has 0 saturated heterocycles. The third kappa shape index (κ3) is 2.99. The number of hydrogen-bond acceptors (Lipinski definition) is 1. The van der Waals surface area contributed by atoms with Crippen LogP contribution in [-0.4, -0.2) is 4.98 Å². The quantitative estimate of drug-likeness (QED) is 0.543. The minimum absolute atomic E-state index is 1.05. The molecule has 0 fully saturated rings. The smallest absolute Gasteiger partial charge is 0.0707 e. The highest BCUT2D eigenvalue weighted by atomic mass is 14.7. The van der Waals surface area contributed by atoms with Crippen molar-refractivity contribution in [1.82, 2.24) is 4.98 Å². The molecule has 0 aliphatic carbocycles. The lowest BCUT2D eigenvalue weighted by molar-refractivity contribution is 1.25. The largest absolute Gasteiger partial charge is 0.256 e. The molecular weight excluding hydrogens is 290 g/mol. The average Bonchev–Trinajstić information content (AvgIpc) is 2.46. The van der Waals surface area contributed by atoms with E-state index in [4.69, 9.17) is 4.98 Å². The molecule has 0 unspecified atom stereocenters. The molecule has 3 rings (SSSR count). The van der Waals surface area contributed by atoms with E-state index >= 15 is 0 Å². The van der Waals surface area contributed by atoms with Gasteiger partial charge in [-0.1, -0.05) is 41.5 Å². The van der Waals surface area contributed by atoms with Gasteiger partial charge in [-0.05, 0) is 75.4 Å². The number of nitrogens with zero attached hydrogens (tertiary/aromatic N) is 1. The summed E-state index contributed by atoms with van der Waals surface area (Å²) in [4.78, 5) is 4.78. The van der Waals surface area contributed by atoms with Crippen molar-refractivity contribution in [3.63, 3.8) is 0 Å². The van der Waals surface area contributed by atoms with Gasteiger partial charge in [0, 0.05) is 17.3 Å². The van der Waals surface area contributed by atoms with Gasteiger partial charge in [0.05, 0.1) is 5.69 Å². The first-order valence-corrected chi connectivity index (χ1v) is 8.49. The number of rotatable bonds is 2. The van der Waals surface area contributed by atoms with Crippen LogP contribution < -0.4 is 0 Å². The van der Waals surface area contributed by atoms with E-state index in [1.54, 1.807) is 0 Å². The number of aryl methyl sites for hydroxylation is 6. The minimum Gasteiger partial charge on any atom is -0.256 e. The first kappa shape index (κ1) is 16.4. The fourth-order valence-electron chi connectivity index (χ4n) is 3.91. The summed E-state index contributed by atoms with van der Waals surface area (Å²) in [7, 11) is 0. The monoisotopic (exact) mass is 315 g/mol. The summed E-state index contributed by atoms with van der Waals surface area (Å²) in [6, 6.07) is 13.3. The maximum atomic E-state index is 4.78. The van der Waals surface area contributed by atoms with E-state index in [1.807, 2.05) is 6.20 Å². The first-order valence-electron chi connectivity index (χ1n) is 8.49. The van der Waals surface area contributed by atoms with Crippen LogP contribution in [0.2, 0.25) is 0 Å². The van der Waals surface area contributed by atoms with Gasteiger partial charge >= 0.3 is 0 Å². The summed E-state index contributed by atoms with van der Waals surface area (Å²) in [6.07, 6.45) is 2.01. The number of hydrogen-bond donors (Lipinski definition) is 0. The van der Waals surface area contributed by atoms with Crippen LogP contribution >= 0.6 is 0 Å². The fourth-order valence-corrected chi connectivity index (χ4v) is 3.91. The van der Waals surface area contributed by atoms with Crippen LogP contribution in [0.1, 0.15) is 33.4 Å². The van der Waals surface area contributed by atoms with Crippen molar-refractivity contribution >= 4 is 0 Å². The predicted octanol–water partition coefficient (Wildman–Crippen LogP) is 6.27. The molecule has 0 aliphatic rings. The average molecular weight is 315 g/mol. The highest BCUT2D eigenvalue weighted by Gasteiger charge is 2.10. The van der Waals surface area contributed by atoms with Gasteiger partial charge < -0.3 is 0 Å². The van der Waals surface area contributed by atoms with Gasteiger partial charge in [0.2, 0.25) is 0 Å². The van der Waals surface area contributed by atoms with Crippen molar-refractivity contribution in [2.24, 2.45) is 0 Å². The maximum Gasteiger partial charge on any atom is 0.0707 e. The molecule has 0 N–H and O–H groups in total. The fraction of sp³-hybridized carbons (Fsp3) is 0.261. The Labute approximate surface area is 145 Å². The molecule has 0 bridgehead atoms. The second-order valence-electron chi connectivity index (χ2n) is 6.98. The maximum absolute atomic E-state index is 4.78. The number of aromatic nitrogens is 1. The second-order valence-corrected chi connectivity index (χ2v) is 6.98. The molecule has 1 nitrogen and oxygen atoms in total. The van der Waals surface area contributed by atoms with E-state index in [-0.39, 0.29) is 0 Å². The molecule has 2 aromatic carbocycles. The third-order valence-corrected chi connectivity index (χ3v) is 4.66. The van der Waals surface area contributed by atoms with Gasteiger partial charge in [-0.25, -0.2) is 0 Å². The lowest BCUT2D eigenvalue weighted by Crippen LogP contribution is -1.94. The Kier molecular flexibility index (Phi) is 4.28. The van der Waals surface area contributed by atoms with Crippen LogP contribution in [0.15, 0.2) is 42.6 Å². The second kappa shape index (κ2) is 6.24. The van der Waals surface area contributed by atoms with Crippen molar-refractivity contribution < 1.29 is 0 Å². The molecule has 0 saturated carbocycles. The molecule has 1 heterocycles. The van der Waals surface area contributed by atoms with Gasteiger partial charge in [0.1, 0.15) is 0 Å². The van der Waals surface area contributed by atoms with Crippen molar-refractivity contribution in [3.05, 3.63) is 76.0 Å². The van der Waals surface area contributed by atoms with Gasteiger partial charge in [0.25, 0.3) is 0 Å². The molecule has 24 heavy (non-hydrogen) atoms. The van der Waals surface area contributed by atoms with E-state index in [9.17, 15) is 0 Å². The van der Waals surface area contributed by atoms with Gasteiger partial charge in [-0.2, -0.15) is 0 Å². The Morgan fingerprint density at radius 2 is 1.04 bits per heavy atom. The lowest BCUT2D eigenvalue weighted by atomic mass is 9.93. The van der Waals surface area contributed by atoms with Crippen molar-refractivity contribution in [2.75, 3.05) is 0 Å². The van der Waals surface area contributed by atoms with E-state index in [1.165, 1.54) is 50.1 Å². The SMILES string of the molecule is Cc1cc(C)c(-c2ccc(-c3c(C)cc(C)cc3C)nc2)c(C)c1. The normalized spacial score (nSPS) is 10.9. The summed E-state index contributed by atoms with van der Waals surface area (Å²) in [6.45, 7) is 13.0. The molecule has 0 amide bonds. The Morgan fingerprint density at radius 1 is 0.583 bits per heavy atom. The van der Waals surface area contributed by atoms with Gasteiger partial charge in [0.15, 0.2) is 0 Å². The molecule has 1 heteroatoms. The van der Waals surface area contributed by atoms with Crippen molar-refractivity contribution in [3.8, 4) is 22.4 Å². The van der Waals surface area contributed by atoms with E-state index < -0.39 is 0 Å². The molecular formula is C23H25N. The van der Waals surface area contributed by atoms with Crippen LogP contribution in [0.5, 0.6) is 0 Å². The molecule has 1 aromatic heterocycles. The zero-order valence-electron chi connectivity index (χ0n) is 15.5. The molecule has 0 aliphatic heterocycles. The predicted molar refractivity (Wildman–Crippen MR) is 104 cm³/mol. The number of pyridine rings is 1. The van der Waals surface area contributed by atoms with E-state index in [0.29, 0.717) is 0 Å². The zero-order valence-corrected chi connectivity index (χ0v) is 15.5. The molecule has 0 radical (unpaired) electrons. The summed E-state index contributed by atoms with van der Waals surface area (Å²) in [5.41, 5.74) is 12.6. The lowest BCUT2D eigenvalue weighted by Gasteiger charge is -2.14. The van der Waals surface area contributed by atoms with Crippen molar-refractivity contribution in [1.29, 1.82) is 0 Å². The summed E-state index contributed by atoms with van der Waals surface area (Å²) in [5, 5.41) is 0. The first-order chi connectivity index (χ1) is 11.4. The third-order valence-electron chi connectivity index (χ3n) is 4.66. The van der Waals surface area contributed by atoms with E-state index in [0.717, 1.165) is 5.69 Å². The number of benzene rings is 2. The van der Waals surface area contributed by atoms with E-state index in [2.05, 4.69) is 77.9 Å². The van der Waals surface area contributed by atoms with Crippen molar-refractivity contribution in [2.45, 2.75) is 41.5 Å². The van der Waals surface area contributed by atoms with Crippen LogP contribution in [0.25, 0.3) is 22.4 Å². The zero-order chi connectivity index (χ0) is 17.4. The Morgan fingerprint density at radius 3 is 1.46 bits per heavy atom. The van der Waals surface area contributed by atoms with Gasteiger partial charge in [-0.15, -0.1) is 0 Å². The minimum atomic E-state index is 1.05. The molecule has 0 spiro atoms. The highest BCUT2D eigenvalue weighted by Crippen LogP contribution is 2.31. The topological polar surface area (TPSA) is 12.9 Å². The van der Waals surface area contributed by atoms with Crippen LogP contribution in [0.3, 0.4) is 0 Å². The van der Waals surface area contributed by atoms with Crippen LogP contribution in [0.4, 0.5) is 0 Å². The molecule has 122 valence electrons. The Balaban J connectivity index is 2.07. The Bertz CT molecular complexity index is 779. The van der Waals surface area contributed by atoms with Crippen LogP contribution in [-0.2, 0) is 0 Å². The summed E-state index contributed by atoms with van der Waals surface area (Å²) < 4.78 is 0. The van der Waals surface area contributed by atoms with Gasteiger partial charge in [-0.3, -0.25) is 4.98 Å². The Hall–Kier alpha value is -2.41. The molecule has 0 atom stereocenters. The highest BCUT2D eigenvalue weighted by molar-refractivity contribution is 5.74. The summed E-state index contributed by atoms with van der Waals surface area (Å²) in [5.74, 6) is 0. The van der Waals surface area contributed by atoms with Crippen LogP contribution in [0, 0.1) is 41.5 Å². The standard InChI is InChI=1S/C23H25N/c1-14-9-16(3)22(17(4)10-14)20-7-8-21(24-13-20)23-18(5)11-15(2)12-19(23)6/h7-13H,1-6H3. The molecule has 3 aromatic rings. The summed E-state index contributed by atoms with van der Waals surface area (Å²) >= 11 is 0.